The number of alkyl halides is 3. The first kappa shape index (κ1) is 28.7. The van der Waals surface area contributed by atoms with Crippen LogP contribution in [0.1, 0.15) is 11.1 Å². The fourth-order valence-electron chi connectivity index (χ4n) is 4.19. The highest BCUT2D eigenvalue weighted by Crippen LogP contribution is 2.34. The number of benzene rings is 3. The van der Waals surface area contributed by atoms with E-state index in [9.17, 15) is 18.0 Å². The molecule has 0 N–H and O–H groups in total. The quantitative estimate of drug-likeness (QED) is 0.203. The third-order valence-corrected chi connectivity index (χ3v) is 6.87. The number of aromatic nitrogens is 4. The fourth-order valence-corrected chi connectivity index (χ4v) is 4.69. The second-order valence-electron chi connectivity index (χ2n) is 9.60. The molecule has 0 atom stereocenters. The van der Waals surface area contributed by atoms with E-state index in [-0.39, 0.29) is 12.2 Å². The highest BCUT2D eigenvalue weighted by atomic mass is 35.5. The van der Waals surface area contributed by atoms with Gasteiger partial charge in [0.1, 0.15) is 18.1 Å². The third kappa shape index (κ3) is 6.40. The van der Waals surface area contributed by atoms with Crippen molar-refractivity contribution < 1.29 is 17.9 Å². The Balaban J connectivity index is 1.56. The van der Waals surface area contributed by atoms with Crippen molar-refractivity contribution in [3.05, 3.63) is 104 Å². The van der Waals surface area contributed by atoms with Crippen molar-refractivity contribution in [2.75, 3.05) is 27.2 Å². The van der Waals surface area contributed by atoms with E-state index in [1.807, 2.05) is 43.3 Å². The molecule has 0 saturated carbocycles. The Hall–Kier alpha value is -3.86. The molecule has 3 aromatic rings. The van der Waals surface area contributed by atoms with E-state index in [1.165, 1.54) is 16.8 Å². The fraction of sp³-hybridized carbons (Fsp3) is 0.207. The van der Waals surface area contributed by atoms with Crippen molar-refractivity contribution >= 4 is 23.2 Å². The van der Waals surface area contributed by atoms with Gasteiger partial charge in [0.2, 0.25) is 0 Å². The van der Waals surface area contributed by atoms with E-state index in [0.717, 1.165) is 18.7 Å². The lowest BCUT2D eigenvalue weighted by Gasteiger charge is -2.16. The molecule has 0 unspecified atom stereocenters. The zero-order valence-corrected chi connectivity index (χ0v) is 23.5. The van der Waals surface area contributed by atoms with E-state index in [2.05, 4.69) is 10.2 Å². The van der Waals surface area contributed by atoms with Crippen LogP contribution < -0.4 is 10.3 Å². The number of likely N-dealkylation sites (N-methyl/N-ethyl adjacent to an activating group) is 1. The van der Waals surface area contributed by atoms with Crippen molar-refractivity contribution in [2.45, 2.75) is 12.7 Å². The van der Waals surface area contributed by atoms with Gasteiger partial charge >= 0.3 is 6.18 Å². The number of rotatable bonds is 8. The number of fused-ring (bicyclic) bond motifs is 1. The van der Waals surface area contributed by atoms with E-state index in [1.54, 1.807) is 28.9 Å². The Kier molecular flexibility index (Phi) is 8.08. The van der Waals surface area contributed by atoms with Gasteiger partial charge < -0.3 is 9.64 Å². The predicted molar refractivity (Wildman–Crippen MR) is 152 cm³/mol. The largest absolute Gasteiger partial charge is 0.492 e. The number of ether oxygens (including phenoxy) is 1. The molecule has 0 spiro atoms. The number of hydrogen-bond acceptors (Lipinski definition) is 5. The molecule has 0 fully saturated rings. The average Bonchev–Trinajstić information content (AvgIpc) is 3.22. The SMILES string of the molecule is CN(C)CCOc1ccc(-n2nc3c(=O)n(Cc4ccc(C(F)(F)F)cc4)nc-3cc2-c2ccc(Cl)cc2Cl)cc1. The molecule has 5 rings (SSSR count). The van der Waals surface area contributed by atoms with Crippen molar-refractivity contribution in [1.29, 1.82) is 0 Å². The maximum absolute atomic E-state index is 13.3. The second-order valence-corrected chi connectivity index (χ2v) is 10.4. The molecule has 0 saturated heterocycles. The smallest absolute Gasteiger partial charge is 0.416 e. The molecule has 2 aliphatic heterocycles. The van der Waals surface area contributed by atoms with Gasteiger partial charge in [-0.05, 0) is 80.3 Å². The number of halogens is 5. The zero-order chi connectivity index (χ0) is 29.3. The molecule has 2 aliphatic rings. The van der Waals surface area contributed by atoms with Crippen LogP contribution in [0.5, 0.6) is 5.75 Å². The van der Waals surface area contributed by atoms with Crippen LogP contribution in [-0.4, -0.2) is 51.7 Å². The minimum absolute atomic E-state index is 0.0245. The maximum Gasteiger partial charge on any atom is 0.416 e. The standard InChI is InChI=1S/C29H24Cl2F3N5O2/c1-37(2)13-14-41-22-10-8-21(9-11-22)39-26(23-12-7-20(30)15-24(23)31)16-25-27(36-39)28(40)38(35-25)17-18-3-5-19(6-4-18)29(32,33)34/h3-12,15-16H,13-14,17H2,1-2H3. The molecular weight excluding hydrogens is 578 g/mol. The van der Waals surface area contributed by atoms with Crippen molar-refractivity contribution in [1.82, 2.24) is 24.5 Å². The highest BCUT2D eigenvalue weighted by Gasteiger charge is 2.30. The summed E-state index contributed by atoms with van der Waals surface area (Å²) in [5.74, 6) is 0.678. The van der Waals surface area contributed by atoms with Crippen LogP contribution in [0.4, 0.5) is 13.2 Å². The molecule has 0 aromatic heterocycles. The minimum Gasteiger partial charge on any atom is -0.492 e. The van der Waals surface area contributed by atoms with Gasteiger partial charge in [0.05, 0.1) is 28.5 Å². The maximum atomic E-state index is 13.3. The van der Waals surface area contributed by atoms with E-state index < -0.39 is 17.3 Å². The lowest BCUT2D eigenvalue weighted by molar-refractivity contribution is -0.137. The predicted octanol–water partition coefficient (Wildman–Crippen LogP) is 6.52. The summed E-state index contributed by atoms with van der Waals surface area (Å²) in [7, 11) is 3.93. The average molecular weight is 602 g/mol. The summed E-state index contributed by atoms with van der Waals surface area (Å²) in [5, 5.41) is 9.90. The van der Waals surface area contributed by atoms with Crippen molar-refractivity contribution in [2.24, 2.45) is 0 Å². The summed E-state index contributed by atoms with van der Waals surface area (Å²) in [6.07, 6.45) is -4.45. The summed E-state index contributed by atoms with van der Waals surface area (Å²) in [4.78, 5) is 15.3. The lowest BCUT2D eigenvalue weighted by Crippen LogP contribution is -2.19. The van der Waals surface area contributed by atoms with Crippen LogP contribution in [0.3, 0.4) is 0 Å². The van der Waals surface area contributed by atoms with Gasteiger partial charge in [-0.2, -0.15) is 23.4 Å². The topological polar surface area (TPSA) is 65.2 Å². The summed E-state index contributed by atoms with van der Waals surface area (Å²) in [6.45, 7) is 1.26. The molecule has 0 radical (unpaired) electrons. The molecule has 0 bridgehead atoms. The Morgan fingerprint density at radius 2 is 1.63 bits per heavy atom. The zero-order valence-electron chi connectivity index (χ0n) is 22.0. The first-order valence-corrected chi connectivity index (χ1v) is 13.3. The van der Waals surface area contributed by atoms with Gasteiger partial charge in [-0.25, -0.2) is 9.36 Å². The molecule has 7 nitrogen and oxygen atoms in total. The van der Waals surface area contributed by atoms with Gasteiger partial charge in [0, 0.05) is 17.1 Å². The van der Waals surface area contributed by atoms with Gasteiger partial charge in [-0.1, -0.05) is 35.3 Å². The lowest BCUT2D eigenvalue weighted by atomic mass is 10.1. The van der Waals surface area contributed by atoms with Crippen molar-refractivity contribution in [3.63, 3.8) is 0 Å². The van der Waals surface area contributed by atoms with E-state index in [0.29, 0.717) is 50.6 Å². The molecule has 212 valence electrons. The molecule has 12 heteroatoms. The van der Waals surface area contributed by atoms with Crippen LogP contribution in [0.2, 0.25) is 10.0 Å². The first-order valence-electron chi connectivity index (χ1n) is 12.5. The van der Waals surface area contributed by atoms with Crippen LogP contribution >= 0.6 is 23.2 Å². The van der Waals surface area contributed by atoms with Crippen LogP contribution in [0, 0.1) is 0 Å². The van der Waals surface area contributed by atoms with E-state index in [4.69, 9.17) is 27.9 Å². The summed E-state index contributed by atoms with van der Waals surface area (Å²) < 4.78 is 47.4. The Morgan fingerprint density at radius 1 is 0.927 bits per heavy atom. The molecule has 3 aromatic carbocycles. The second kappa shape index (κ2) is 11.6. The number of nitrogens with zero attached hydrogens (tertiary/aromatic N) is 5. The van der Waals surface area contributed by atoms with Crippen molar-refractivity contribution in [3.8, 4) is 34.1 Å². The third-order valence-electron chi connectivity index (χ3n) is 6.32. The highest BCUT2D eigenvalue weighted by molar-refractivity contribution is 6.36. The summed E-state index contributed by atoms with van der Waals surface area (Å²) in [5.41, 5.74) is 1.45. The van der Waals surface area contributed by atoms with Crippen LogP contribution in [0.25, 0.3) is 28.3 Å². The van der Waals surface area contributed by atoms with Gasteiger partial charge in [-0.3, -0.25) is 4.79 Å². The normalized spacial score (nSPS) is 11.9. The van der Waals surface area contributed by atoms with Crippen LogP contribution in [0.15, 0.2) is 77.6 Å². The summed E-state index contributed by atoms with van der Waals surface area (Å²) in [6, 6.07) is 18.6. The van der Waals surface area contributed by atoms with Gasteiger partial charge in [-0.15, -0.1) is 0 Å². The monoisotopic (exact) mass is 601 g/mol. The molecular formula is C29H24Cl2F3N5O2. The Morgan fingerprint density at radius 3 is 2.27 bits per heavy atom. The first-order chi connectivity index (χ1) is 19.5. The molecule has 0 aliphatic carbocycles. The number of hydrogen-bond donors (Lipinski definition) is 0. The summed E-state index contributed by atoms with van der Waals surface area (Å²) >= 11 is 12.7. The van der Waals surface area contributed by atoms with Gasteiger partial charge in [0.25, 0.3) is 5.56 Å². The Bertz CT molecular complexity index is 1700. The van der Waals surface area contributed by atoms with Crippen LogP contribution in [-0.2, 0) is 12.7 Å². The van der Waals surface area contributed by atoms with E-state index >= 15 is 0 Å². The molecule has 41 heavy (non-hydrogen) atoms. The Labute approximate surface area is 243 Å². The van der Waals surface area contributed by atoms with Gasteiger partial charge in [0.15, 0.2) is 5.69 Å². The molecule has 2 heterocycles. The molecule has 0 amide bonds. The minimum atomic E-state index is -4.45.